The summed E-state index contributed by atoms with van der Waals surface area (Å²) in [5.74, 6) is 0.781. The summed E-state index contributed by atoms with van der Waals surface area (Å²) in [5.41, 5.74) is 0.406. The van der Waals surface area contributed by atoms with E-state index in [-0.39, 0.29) is 17.6 Å². The number of hydrogen-bond acceptors (Lipinski definition) is 5. The molecular weight excluding hydrogens is 396 g/mol. The van der Waals surface area contributed by atoms with Crippen molar-refractivity contribution in [2.75, 3.05) is 33.3 Å². The predicted molar refractivity (Wildman–Crippen MR) is 109 cm³/mol. The maximum Gasteiger partial charge on any atom is 0.263 e. The zero-order valence-electron chi connectivity index (χ0n) is 16.3. The Balaban J connectivity index is 1.58. The van der Waals surface area contributed by atoms with E-state index in [4.69, 9.17) is 21.1 Å². The number of nitrogens with zero attached hydrogens (tertiary/aromatic N) is 2. The van der Waals surface area contributed by atoms with Crippen molar-refractivity contribution in [1.29, 1.82) is 0 Å². The number of rotatable bonds is 5. The molecule has 1 fully saturated rings. The molecule has 1 N–H and O–H groups in total. The molecule has 1 aliphatic heterocycles. The van der Waals surface area contributed by atoms with Gasteiger partial charge in [0.05, 0.1) is 12.7 Å². The Hall–Kier alpha value is -2.93. The fraction of sp³-hybridized carbons (Fsp3) is 0.333. The van der Waals surface area contributed by atoms with Gasteiger partial charge in [0.2, 0.25) is 0 Å². The van der Waals surface area contributed by atoms with Gasteiger partial charge in [-0.05, 0) is 49.4 Å². The van der Waals surface area contributed by atoms with E-state index in [1.165, 1.54) is 19.2 Å². The summed E-state index contributed by atoms with van der Waals surface area (Å²) in [5, 5.41) is 9.79. The Bertz CT molecular complexity index is 879. The maximum absolute atomic E-state index is 12.8. The SMILES string of the molecule is COc1ccc(Cl)cc1C(=O)N1CCN(C(=O)C(C)Oc2ccc(O)cc2)CC1. The summed E-state index contributed by atoms with van der Waals surface area (Å²) in [6.45, 7) is 3.33. The van der Waals surface area contributed by atoms with E-state index < -0.39 is 6.10 Å². The minimum Gasteiger partial charge on any atom is -0.508 e. The van der Waals surface area contributed by atoms with E-state index in [0.29, 0.717) is 48.3 Å². The first kappa shape index (κ1) is 20.8. The molecule has 1 heterocycles. The normalized spacial score (nSPS) is 15.0. The second-order valence-electron chi connectivity index (χ2n) is 6.72. The molecule has 1 atom stereocenters. The third-order valence-corrected chi connectivity index (χ3v) is 5.00. The number of phenols is 1. The van der Waals surface area contributed by atoms with Crippen molar-refractivity contribution >= 4 is 23.4 Å². The molecule has 8 heteroatoms. The van der Waals surface area contributed by atoms with Crippen LogP contribution in [0.5, 0.6) is 17.2 Å². The predicted octanol–water partition coefficient (Wildman–Crippen LogP) is 2.81. The molecule has 154 valence electrons. The van der Waals surface area contributed by atoms with E-state index in [9.17, 15) is 14.7 Å². The Morgan fingerprint density at radius 1 is 1.03 bits per heavy atom. The quantitative estimate of drug-likeness (QED) is 0.807. The summed E-state index contributed by atoms with van der Waals surface area (Å²) in [7, 11) is 1.51. The Morgan fingerprint density at radius 2 is 1.66 bits per heavy atom. The first-order valence-electron chi connectivity index (χ1n) is 9.26. The van der Waals surface area contributed by atoms with Crippen LogP contribution in [0, 0.1) is 0 Å². The van der Waals surface area contributed by atoms with Crippen LogP contribution in [0.4, 0.5) is 0 Å². The van der Waals surface area contributed by atoms with Gasteiger partial charge in [0.25, 0.3) is 11.8 Å². The number of piperazine rings is 1. The summed E-state index contributed by atoms with van der Waals surface area (Å²) < 4.78 is 10.9. The number of benzene rings is 2. The average molecular weight is 419 g/mol. The van der Waals surface area contributed by atoms with Crippen LogP contribution in [0.25, 0.3) is 0 Å². The van der Waals surface area contributed by atoms with Crippen molar-refractivity contribution in [2.45, 2.75) is 13.0 Å². The molecule has 0 aliphatic carbocycles. The fourth-order valence-electron chi connectivity index (χ4n) is 3.18. The zero-order valence-corrected chi connectivity index (χ0v) is 17.1. The summed E-state index contributed by atoms with van der Waals surface area (Å²) >= 11 is 6.02. The highest BCUT2D eigenvalue weighted by molar-refractivity contribution is 6.31. The lowest BCUT2D eigenvalue weighted by Crippen LogP contribution is -2.53. The number of phenolic OH excluding ortho intramolecular Hbond substituents is 1. The highest BCUT2D eigenvalue weighted by atomic mass is 35.5. The summed E-state index contributed by atoms with van der Waals surface area (Å²) in [6, 6.07) is 11.1. The Labute approximate surface area is 174 Å². The molecule has 0 bridgehead atoms. The molecule has 2 aromatic carbocycles. The highest BCUT2D eigenvalue weighted by Gasteiger charge is 2.29. The van der Waals surface area contributed by atoms with Crippen LogP contribution in [0.15, 0.2) is 42.5 Å². The third-order valence-electron chi connectivity index (χ3n) is 4.77. The first-order chi connectivity index (χ1) is 13.9. The fourth-order valence-corrected chi connectivity index (χ4v) is 3.36. The van der Waals surface area contributed by atoms with Gasteiger partial charge in [-0.15, -0.1) is 0 Å². The van der Waals surface area contributed by atoms with Gasteiger partial charge in [0.1, 0.15) is 17.2 Å². The molecule has 0 radical (unpaired) electrons. The van der Waals surface area contributed by atoms with Crippen LogP contribution in [0.3, 0.4) is 0 Å². The van der Waals surface area contributed by atoms with Crippen LogP contribution in [-0.2, 0) is 4.79 Å². The molecular formula is C21H23ClN2O5. The lowest BCUT2D eigenvalue weighted by atomic mass is 10.1. The van der Waals surface area contributed by atoms with E-state index in [2.05, 4.69) is 0 Å². The standard InChI is InChI=1S/C21H23ClN2O5/c1-14(29-17-6-4-16(25)5-7-17)20(26)23-9-11-24(12-10-23)21(27)18-13-15(22)3-8-19(18)28-2/h3-8,13-14,25H,9-12H2,1-2H3. The number of carbonyl (C=O) groups is 2. The van der Waals surface area contributed by atoms with Gasteiger partial charge >= 0.3 is 0 Å². The molecule has 1 unspecified atom stereocenters. The van der Waals surface area contributed by atoms with Gasteiger partial charge < -0.3 is 24.4 Å². The number of carbonyl (C=O) groups excluding carboxylic acids is 2. The van der Waals surface area contributed by atoms with Gasteiger partial charge in [0.15, 0.2) is 6.10 Å². The average Bonchev–Trinajstić information content (AvgIpc) is 2.74. The molecule has 3 rings (SSSR count). The lowest BCUT2D eigenvalue weighted by Gasteiger charge is -2.36. The van der Waals surface area contributed by atoms with Crippen LogP contribution in [-0.4, -0.2) is 66.1 Å². The minimum absolute atomic E-state index is 0.133. The second-order valence-corrected chi connectivity index (χ2v) is 7.15. The van der Waals surface area contributed by atoms with E-state index in [0.717, 1.165) is 0 Å². The molecule has 0 spiro atoms. The molecule has 2 amide bonds. The van der Waals surface area contributed by atoms with Crippen molar-refractivity contribution in [2.24, 2.45) is 0 Å². The van der Waals surface area contributed by atoms with Crippen molar-refractivity contribution in [1.82, 2.24) is 9.80 Å². The third kappa shape index (κ3) is 4.92. The molecule has 29 heavy (non-hydrogen) atoms. The number of halogens is 1. The van der Waals surface area contributed by atoms with Crippen molar-refractivity contribution in [3.05, 3.63) is 53.1 Å². The molecule has 7 nitrogen and oxygen atoms in total. The topological polar surface area (TPSA) is 79.3 Å². The van der Waals surface area contributed by atoms with Gasteiger partial charge in [-0.25, -0.2) is 0 Å². The Morgan fingerprint density at radius 3 is 2.28 bits per heavy atom. The summed E-state index contributed by atoms with van der Waals surface area (Å²) in [4.78, 5) is 28.9. The number of methoxy groups -OCH3 is 1. The van der Waals surface area contributed by atoms with Crippen LogP contribution in [0.1, 0.15) is 17.3 Å². The van der Waals surface area contributed by atoms with Gasteiger partial charge in [0, 0.05) is 31.2 Å². The number of hydrogen-bond donors (Lipinski definition) is 1. The van der Waals surface area contributed by atoms with Crippen LogP contribution >= 0.6 is 11.6 Å². The largest absolute Gasteiger partial charge is 0.508 e. The maximum atomic E-state index is 12.8. The number of aromatic hydroxyl groups is 1. The van der Waals surface area contributed by atoms with Gasteiger partial charge in [-0.1, -0.05) is 11.6 Å². The van der Waals surface area contributed by atoms with Crippen LogP contribution in [0.2, 0.25) is 5.02 Å². The molecule has 0 saturated carbocycles. The smallest absolute Gasteiger partial charge is 0.263 e. The summed E-state index contributed by atoms with van der Waals surface area (Å²) in [6.07, 6.45) is -0.671. The highest BCUT2D eigenvalue weighted by Crippen LogP contribution is 2.25. The second kappa shape index (κ2) is 9.05. The van der Waals surface area contributed by atoms with Crippen molar-refractivity contribution < 1.29 is 24.2 Å². The van der Waals surface area contributed by atoms with Crippen LogP contribution < -0.4 is 9.47 Å². The molecule has 1 aliphatic rings. The van der Waals surface area contributed by atoms with Crippen molar-refractivity contribution in [3.63, 3.8) is 0 Å². The number of ether oxygens (including phenoxy) is 2. The van der Waals surface area contributed by atoms with Gasteiger partial charge in [-0.2, -0.15) is 0 Å². The van der Waals surface area contributed by atoms with Crippen molar-refractivity contribution in [3.8, 4) is 17.2 Å². The molecule has 2 aromatic rings. The first-order valence-corrected chi connectivity index (χ1v) is 9.64. The Kier molecular flexibility index (Phi) is 6.49. The molecule has 1 saturated heterocycles. The van der Waals surface area contributed by atoms with E-state index in [1.54, 1.807) is 47.1 Å². The minimum atomic E-state index is -0.671. The van der Waals surface area contributed by atoms with E-state index in [1.807, 2.05) is 0 Å². The molecule has 0 aromatic heterocycles. The monoisotopic (exact) mass is 418 g/mol. The van der Waals surface area contributed by atoms with E-state index >= 15 is 0 Å². The lowest BCUT2D eigenvalue weighted by molar-refractivity contribution is -0.139. The van der Waals surface area contributed by atoms with Gasteiger partial charge in [-0.3, -0.25) is 9.59 Å². The zero-order chi connectivity index (χ0) is 21.0. The number of amides is 2.